The lowest BCUT2D eigenvalue weighted by molar-refractivity contribution is -0.123. The first kappa shape index (κ1) is 28.1. The Morgan fingerprint density at radius 1 is 0.793 bits per heavy atom. The summed E-state index contributed by atoms with van der Waals surface area (Å²) in [5.41, 5.74) is 0. The minimum atomic E-state index is -0.652. The van der Waals surface area contributed by atoms with E-state index in [1.165, 1.54) is 57.8 Å². The Hall–Kier alpha value is -0.870. The molecule has 0 saturated carbocycles. The second-order valence-corrected chi connectivity index (χ2v) is 8.40. The second-order valence-electron chi connectivity index (χ2n) is 8.40. The van der Waals surface area contributed by atoms with Crippen LogP contribution in [0.15, 0.2) is 12.2 Å². The lowest BCUT2D eigenvalue weighted by Crippen LogP contribution is -2.45. The van der Waals surface area contributed by atoms with E-state index in [2.05, 4.69) is 31.3 Å². The highest BCUT2D eigenvalue weighted by Crippen LogP contribution is 2.11. The predicted octanol–water partition coefficient (Wildman–Crippen LogP) is 6.05. The number of aliphatic hydroxyl groups is 2. The predicted molar refractivity (Wildman–Crippen MR) is 124 cm³/mol. The lowest BCUT2D eigenvalue weighted by atomic mass is 10.0. The third-order valence-corrected chi connectivity index (χ3v) is 5.53. The van der Waals surface area contributed by atoms with E-state index < -0.39 is 12.1 Å². The largest absolute Gasteiger partial charge is 0.394 e. The Morgan fingerprint density at radius 3 is 1.90 bits per heavy atom. The van der Waals surface area contributed by atoms with Crippen LogP contribution >= 0.6 is 0 Å². The van der Waals surface area contributed by atoms with Crippen molar-refractivity contribution in [2.45, 2.75) is 135 Å². The molecule has 4 nitrogen and oxygen atoms in total. The minimum absolute atomic E-state index is 0.0531. The van der Waals surface area contributed by atoms with Crippen LogP contribution in [0.1, 0.15) is 123 Å². The number of hydrogen-bond donors (Lipinski definition) is 3. The fraction of sp³-hybridized carbons (Fsp3) is 0.880. The SMILES string of the molecule is CCCCCC/C=C\CCCCCCCC(=O)NC(CO)C(O)CCCCCC. The fourth-order valence-electron chi connectivity index (χ4n) is 3.53. The average molecular weight is 412 g/mol. The number of carbonyl (C=O) groups excluding carboxylic acids is 1. The minimum Gasteiger partial charge on any atom is -0.394 e. The number of carbonyl (C=O) groups is 1. The zero-order valence-corrected chi connectivity index (χ0v) is 19.3. The van der Waals surface area contributed by atoms with Crippen molar-refractivity contribution in [2.75, 3.05) is 6.61 Å². The van der Waals surface area contributed by atoms with E-state index in [9.17, 15) is 15.0 Å². The Labute approximate surface area is 180 Å². The van der Waals surface area contributed by atoms with Gasteiger partial charge in [0, 0.05) is 6.42 Å². The second kappa shape index (κ2) is 21.8. The number of unbranched alkanes of at least 4 members (excludes halogenated alkanes) is 12. The molecule has 0 radical (unpaired) electrons. The molecule has 0 aliphatic carbocycles. The fourth-order valence-corrected chi connectivity index (χ4v) is 3.53. The van der Waals surface area contributed by atoms with E-state index in [0.29, 0.717) is 12.8 Å². The summed E-state index contributed by atoms with van der Waals surface area (Å²) < 4.78 is 0. The summed E-state index contributed by atoms with van der Waals surface area (Å²) in [6, 6.07) is -0.530. The van der Waals surface area contributed by atoms with Crippen LogP contribution in [0.25, 0.3) is 0 Å². The topological polar surface area (TPSA) is 69.6 Å². The maximum absolute atomic E-state index is 12.1. The van der Waals surface area contributed by atoms with Gasteiger partial charge in [-0.25, -0.2) is 0 Å². The zero-order chi connectivity index (χ0) is 21.6. The molecule has 4 heteroatoms. The van der Waals surface area contributed by atoms with Crippen LogP contribution in [0, 0.1) is 0 Å². The van der Waals surface area contributed by atoms with Gasteiger partial charge in [0.2, 0.25) is 5.91 Å². The van der Waals surface area contributed by atoms with E-state index in [0.717, 1.165) is 38.5 Å². The number of nitrogens with one attached hydrogen (secondary N) is 1. The summed E-state index contributed by atoms with van der Waals surface area (Å²) in [6.07, 6.45) is 22.8. The van der Waals surface area contributed by atoms with Gasteiger partial charge in [-0.2, -0.15) is 0 Å². The van der Waals surface area contributed by atoms with Crippen molar-refractivity contribution < 1.29 is 15.0 Å². The summed E-state index contributed by atoms with van der Waals surface area (Å²) in [6.45, 7) is 4.20. The molecule has 0 aliphatic rings. The molecule has 0 aromatic heterocycles. The molecule has 0 spiro atoms. The van der Waals surface area contributed by atoms with E-state index >= 15 is 0 Å². The third-order valence-electron chi connectivity index (χ3n) is 5.53. The Kier molecular flexibility index (Phi) is 21.2. The molecule has 0 rings (SSSR count). The first-order valence-corrected chi connectivity index (χ1v) is 12.4. The van der Waals surface area contributed by atoms with Gasteiger partial charge in [0.1, 0.15) is 0 Å². The molecule has 0 heterocycles. The van der Waals surface area contributed by atoms with Crippen molar-refractivity contribution in [1.29, 1.82) is 0 Å². The van der Waals surface area contributed by atoms with Crippen molar-refractivity contribution in [1.82, 2.24) is 5.32 Å². The average Bonchev–Trinajstić information content (AvgIpc) is 2.72. The van der Waals surface area contributed by atoms with Gasteiger partial charge in [0.25, 0.3) is 0 Å². The van der Waals surface area contributed by atoms with Gasteiger partial charge in [-0.05, 0) is 38.5 Å². The first-order chi connectivity index (χ1) is 14.2. The molecule has 172 valence electrons. The number of aliphatic hydroxyl groups excluding tert-OH is 2. The molecule has 1 amide bonds. The number of allylic oxidation sites excluding steroid dienone is 2. The molecule has 0 aromatic rings. The molecule has 0 saturated heterocycles. The van der Waals surface area contributed by atoms with E-state index in [1.54, 1.807) is 0 Å². The Morgan fingerprint density at radius 2 is 1.31 bits per heavy atom. The van der Waals surface area contributed by atoms with Gasteiger partial charge in [-0.15, -0.1) is 0 Å². The Bertz CT molecular complexity index is 384. The number of hydrogen-bond acceptors (Lipinski definition) is 3. The smallest absolute Gasteiger partial charge is 0.220 e. The highest BCUT2D eigenvalue weighted by molar-refractivity contribution is 5.76. The molecule has 29 heavy (non-hydrogen) atoms. The third kappa shape index (κ3) is 18.9. The molecule has 2 unspecified atom stereocenters. The van der Waals surface area contributed by atoms with Crippen molar-refractivity contribution in [3.8, 4) is 0 Å². The van der Waals surface area contributed by atoms with Crippen LogP contribution < -0.4 is 5.32 Å². The normalized spacial score (nSPS) is 13.7. The number of amides is 1. The molecule has 0 aliphatic heterocycles. The molecule has 3 N–H and O–H groups in total. The maximum Gasteiger partial charge on any atom is 0.220 e. The van der Waals surface area contributed by atoms with Crippen LogP contribution in [0.3, 0.4) is 0 Å². The van der Waals surface area contributed by atoms with E-state index in [1.807, 2.05) is 0 Å². The summed E-state index contributed by atoms with van der Waals surface area (Å²) in [7, 11) is 0. The summed E-state index contributed by atoms with van der Waals surface area (Å²) in [5, 5.41) is 22.4. The van der Waals surface area contributed by atoms with Crippen molar-refractivity contribution in [3.05, 3.63) is 12.2 Å². The van der Waals surface area contributed by atoms with Gasteiger partial charge < -0.3 is 15.5 Å². The van der Waals surface area contributed by atoms with Gasteiger partial charge in [0.05, 0.1) is 18.8 Å². The summed E-state index contributed by atoms with van der Waals surface area (Å²) in [4.78, 5) is 12.1. The van der Waals surface area contributed by atoms with Crippen LogP contribution in [-0.4, -0.2) is 34.9 Å². The highest BCUT2D eigenvalue weighted by Gasteiger charge is 2.19. The molecular weight excluding hydrogens is 362 g/mol. The number of rotatable bonds is 21. The van der Waals surface area contributed by atoms with Crippen LogP contribution in [0.4, 0.5) is 0 Å². The summed E-state index contributed by atoms with van der Waals surface area (Å²) >= 11 is 0. The van der Waals surface area contributed by atoms with Gasteiger partial charge in [-0.3, -0.25) is 4.79 Å². The summed E-state index contributed by atoms with van der Waals surface area (Å²) in [5.74, 6) is -0.0531. The monoisotopic (exact) mass is 411 g/mol. The lowest BCUT2D eigenvalue weighted by Gasteiger charge is -2.22. The molecular formula is C25H49NO3. The van der Waals surface area contributed by atoms with Crippen LogP contribution in [0.5, 0.6) is 0 Å². The van der Waals surface area contributed by atoms with Gasteiger partial charge >= 0.3 is 0 Å². The molecule has 0 fully saturated rings. The first-order valence-electron chi connectivity index (χ1n) is 12.4. The maximum atomic E-state index is 12.1. The van der Waals surface area contributed by atoms with E-state index in [4.69, 9.17) is 0 Å². The Balaban J connectivity index is 3.61. The van der Waals surface area contributed by atoms with E-state index in [-0.39, 0.29) is 12.5 Å². The van der Waals surface area contributed by atoms with Crippen LogP contribution in [0.2, 0.25) is 0 Å². The quantitative estimate of drug-likeness (QED) is 0.159. The van der Waals surface area contributed by atoms with Crippen molar-refractivity contribution in [2.24, 2.45) is 0 Å². The van der Waals surface area contributed by atoms with Crippen molar-refractivity contribution >= 4 is 5.91 Å². The molecule has 0 bridgehead atoms. The van der Waals surface area contributed by atoms with Crippen LogP contribution in [-0.2, 0) is 4.79 Å². The standard InChI is InChI=1S/C25H49NO3/c1-3-5-7-9-10-11-12-13-14-15-16-17-19-21-25(29)26-23(22-27)24(28)20-18-8-6-4-2/h11-12,23-24,27-28H,3-10,13-22H2,1-2H3,(H,26,29)/b12-11-. The molecule has 0 aromatic carbocycles. The van der Waals surface area contributed by atoms with Gasteiger partial charge in [-0.1, -0.05) is 90.2 Å². The van der Waals surface area contributed by atoms with Crippen molar-refractivity contribution in [3.63, 3.8) is 0 Å². The zero-order valence-electron chi connectivity index (χ0n) is 19.3. The highest BCUT2D eigenvalue weighted by atomic mass is 16.3. The molecule has 2 atom stereocenters. The van der Waals surface area contributed by atoms with Gasteiger partial charge in [0.15, 0.2) is 0 Å².